The molecule has 0 aromatic heterocycles. The highest BCUT2D eigenvalue weighted by Crippen LogP contribution is 2.46. The molecule has 6 rings (SSSR count). The van der Waals surface area contributed by atoms with Crippen LogP contribution >= 0.6 is 0 Å². The van der Waals surface area contributed by atoms with E-state index in [2.05, 4.69) is 116 Å². The molecule has 1 atom stereocenters. The van der Waals surface area contributed by atoms with Crippen molar-refractivity contribution in [3.05, 3.63) is 119 Å². The number of benzene rings is 4. The molecule has 1 heteroatoms. The molecule has 2 aliphatic carbocycles. The molecular weight excluding hydrogens is 398 g/mol. The largest absolute Gasteiger partial charge is 0.310 e. The standard InChI is InChI=1S/C32H29N/c1-22-7-3-5-9-31(22)33(32-10-6-4-8-23(32)2)29-17-15-25(16-18-29)26-13-14-28-20-24-11-12-27(19-24)30(28)21-26/h3-10,13-18,20-21,27H,11-12,19H2,1-2H3. The summed E-state index contributed by atoms with van der Waals surface area (Å²) in [4.78, 5) is 2.38. The molecule has 33 heavy (non-hydrogen) atoms. The van der Waals surface area contributed by atoms with Crippen LogP contribution in [0.4, 0.5) is 17.1 Å². The van der Waals surface area contributed by atoms with Gasteiger partial charge in [-0.3, -0.25) is 0 Å². The number of hydrogen-bond donors (Lipinski definition) is 0. The van der Waals surface area contributed by atoms with Crippen molar-refractivity contribution < 1.29 is 0 Å². The Bertz CT molecular complexity index is 1310. The van der Waals surface area contributed by atoms with Crippen molar-refractivity contribution in [3.8, 4) is 11.1 Å². The van der Waals surface area contributed by atoms with Gasteiger partial charge in [-0.2, -0.15) is 0 Å². The Morgan fingerprint density at radius 1 is 0.697 bits per heavy atom. The van der Waals surface area contributed by atoms with E-state index in [-0.39, 0.29) is 0 Å². The van der Waals surface area contributed by atoms with Gasteiger partial charge in [-0.1, -0.05) is 78.4 Å². The minimum Gasteiger partial charge on any atom is -0.310 e. The molecule has 0 amide bonds. The molecule has 1 saturated carbocycles. The van der Waals surface area contributed by atoms with E-state index in [1.807, 2.05) is 0 Å². The molecule has 1 fully saturated rings. The molecule has 4 aromatic carbocycles. The maximum atomic E-state index is 2.44. The second-order valence-electron chi connectivity index (χ2n) is 9.54. The fraction of sp³-hybridized carbons (Fsp3) is 0.188. The molecule has 0 heterocycles. The molecule has 1 unspecified atom stereocenters. The van der Waals surface area contributed by atoms with E-state index in [1.165, 1.54) is 64.1 Å². The first-order chi connectivity index (χ1) is 16.2. The van der Waals surface area contributed by atoms with E-state index in [4.69, 9.17) is 0 Å². The van der Waals surface area contributed by atoms with Gasteiger partial charge in [0.25, 0.3) is 0 Å². The molecule has 0 spiro atoms. The Hall–Kier alpha value is -3.58. The normalized spacial score (nSPS) is 16.3. The second kappa shape index (κ2) is 8.08. The zero-order valence-electron chi connectivity index (χ0n) is 19.4. The first-order valence-electron chi connectivity index (χ1n) is 12.0. The summed E-state index contributed by atoms with van der Waals surface area (Å²) in [6, 6.07) is 33.4. The summed E-state index contributed by atoms with van der Waals surface area (Å²) in [6.07, 6.45) is 6.27. The van der Waals surface area contributed by atoms with Crippen LogP contribution in [0.2, 0.25) is 0 Å². The fourth-order valence-electron chi connectivity index (χ4n) is 5.58. The molecule has 0 saturated heterocycles. The third kappa shape index (κ3) is 3.58. The number of nitrogens with zero attached hydrogens (tertiary/aromatic N) is 1. The average Bonchev–Trinajstić information content (AvgIpc) is 3.24. The van der Waals surface area contributed by atoms with Gasteiger partial charge in [-0.25, -0.2) is 0 Å². The van der Waals surface area contributed by atoms with Crippen LogP contribution in [0.25, 0.3) is 17.2 Å². The third-order valence-corrected chi connectivity index (χ3v) is 7.38. The van der Waals surface area contributed by atoms with Gasteiger partial charge in [0.15, 0.2) is 0 Å². The van der Waals surface area contributed by atoms with E-state index in [0.717, 1.165) is 5.92 Å². The van der Waals surface area contributed by atoms with Crippen molar-refractivity contribution in [2.75, 3.05) is 4.90 Å². The van der Waals surface area contributed by atoms with Crippen molar-refractivity contribution in [1.82, 2.24) is 0 Å². The molecular formula is C32H29N. The van der Waals surface area contributed by atoms with Crippen molar-refractivity contribution in [2.45, 2.75) is 39.0 Å². The third-order valence-electron chi connectivity index (χ3n) is 7.38. The van der Waals surface area contributed by atoms with Crippen molar-refractivity contribution >= 4 is 23.1 Å². The monoisotopic (exact) mass is 427 g/mol. The minimum absolute atomic E-state index is 0.719. The van der Waals surface area contributed by atoms with Crippen molar-refractivity contribution in [2.24, 2.45) is 0 Å². The molecule has 0 N–H and O–H groups in total. The lowest BCUT2D eigenvalue weighted by atomic mass is 9.86. The van der Waals surface area contributed by atoms with Crippen LogP contribution in [0.3, 0.4) is 0 Å². The molecule has 0 radical (unpaired) electrons. The lowest BCUT2D eigenvalue weighted by Crippen LogP contribution is -2.12. The highest BCUT2D eigenvalue weighted by Gasteiger charge is 2.27. The Balaban J connectivity index is 1.40. The predicted octanol–water partition coefficient (Wildman–Crippen LogP) is 9.10. The van der Waals surface area contributed by atoms with Gasteiger partial charge >= 0.3 is 0 Å². The van der Waals surface area contributed by atoms with Crippen LogP contribution in [0.15, 0.2) is 96.6 Å². The van der Waals surface area contributed by atoms with Crippen LogP contribution in [0, 0.1) is 13.8 Å². The number of rotatable bonds is 4. The SMILES string of the molecule is Cc1ccccc1N(c1ccc(-c2ccc3c(c2)C2CCC(=C3)C2)cc1)c1ccccc1C. The van der Waals surface area contributed by atoms with Crippen LogP contribution < -0.4 is 4.90 Å². The van der Waals surface area contributed by atoms with E-state index in [1.54, 1.807) is 11.1 Å². The number of anilines is 3. The fourth-order valence-corrected chi connectivity index (χ4v) is 5.58. The average molecular weight is 428 g/mol. The van der Waals surface area contributed by atoms with Crippen LogP contribution in [0.5, 0.6) is 0 Å². The van der Waals surface area contributed by atoms with Crippen LogP contribution in [-0.4, -0.2) is 0 Å². The zero-order valence-corrected chi connectivity index (χ0v) is 19.4. The van der Waals surface area contributed by atoms with Gasteiger partial charge in [0.1, 0.15) is 0 Å². The molecule has 162 valence electrons. The molecule has 2 bridgehead atoms. The minimum atomic E-state index is 0.719. The Morgan fingerprint density at radius 3 is 2.00 bits per heavy atom. The second-order valence-corrected chi connectivity index (χ2v) is 9.54. The number of hydrogen-bond acceptors (Lipinski definition) is 1. The Morgan fingerprint density at radius 2 is 1.33 bits per heavy atom. The zero-order chi connectivity index (χ0) is 22.4. The van der Waals surface area contributed by atoms with Gasteiger partial charge in [0, 0.05) is 17.1 Å². The molecule has 4 aromatic rings. The van der Waals surface area contributed by atoms with Crippen LogP contribution in [-0.2, 0) is 0 Å². The molecule has 2 aliphatic rings. The first-order valence-corrected chi connectivity index (χ1v) is 12.0. The van der Waals surface area contributed by atoms with Crippen LogP contribution in [0.1, 0.15) is 47.4 Å². The van der Waals surface area contributed by atoms with Gasteiger partial charge in [0.05, 0.1) is 0 Å². The van der Waals surface area contributed by atoms with E-state index in [0.29, 0.717) is 0 Å². The highest BCUT2D eigenvalue weighted by atomic mass is 15.1. The lowest BCUT2D eigenvalue weighted by Gasteiger charge is -2.28. The van der Waals surface area contributed by atoms with Gasteiger partial charge in [-0.05, 0) is 96.7 Å². The highest BCUT2D eigenvalue weighted by molar-refractivity contribution is 5.81. The van der Waals surface area contributed by atoms with Crippen molar-refractivity contribution in [1.29, 1.82) is 0 Å². The Labute approximate surface area is 197 Å². The summed E-state index contributed by atoms with van der Waals surface area (Å²) in [6.45, 7) is 4.37. The number of allylic oxidation sites excluding steroid dienone is 1. The van der Waals surface area contributed by atoms with E-state index in [9.17, 15) is 0 Å². The Kier molecular flexibility index (Phi) is 4.91. The van der Waals surface area contributed by atoms with Crippen molar-refractivity contribution in [3.63, 3.8) is 0 Å². The van der Waals surface area contributed by atoms with Gasteiger partial charge in [0.2, 0.25) is 0 Å². The van der Waals surface area contributed by atoms with Gasteiger partial charge < -0.3 is 4.90 Å². The smallest absolute Gasteiger partial charge is 0.0490 e. The van der Waals surface area contributed by atoms with E-state index >= 15 is 0 Å². The lowest BCUT2D eigenvalue weighted by molar-refractivity contribution is 0.727. The maximum absolute atomic E-state index is 2.44. The first kappa shape index (κ1) is 20.1. The summed E-state index contributed by atoms with van der Waals surface area (Å²) in [5.41, 5.74) is 13.4. The number of fused-ring (bicyclic) bond motifs is 4. The van der Waals surface area contributed by atoms with E-state index < -0.39 is 0 Å². The summed E-state index contributed by atoms with van der Waals surface area (Å²) in [7, 11) is 0. The maximum Gasteiger partial charge on any atom is 0.0490 e. The summed E-state index contributed by atoms with van der Waals surface area (Å²) in [5.74, 6) is 0.719. The topological polar surface area (TPSA) is 3.24 Å². The summed E-state index contributed by atoms with van der Waals surface area (Å²) >= 11 is 0. The molecule has 1 nitrogen and oxygen atoms in total. The number of aryl methyl sites for hydroxylation is 2. The summed E-state index contributed by atoms with van der Waals surface area (Å²) in [5, 5.41) is 0. The summed E-state index contributed by atoms with van der Waals surface area (Å²) < 4.78 is 0. The predicted molar refractivity (Wildman–Crippen MR) is 141 cm³/mol. The molecule has 0 aliphatic heterocycles. The number of para-hydroxylation sites is 2. The quantitative estimate of drug-likeness (QED) is 0.314. The van der Waals surface area contributed by atoms with Gasteiger partial charge in [-0.15, -0.1) is 0 Å².